The van der Waals surface area contributed by atoms with Crippen molar-refractivity contribution in [3.8, 4) is 11.5 Å². The Morgan fingerprint density at radius 3 is 2.69 bits per heavy atom. The molecule has 0 radical (unpaired) electrons. The zero-order valence-electron chi connectivity index (χ0n) is 18.5. The van der Waals surface area contributed by atoms with E-state index in [1.165, 1.54) is 31.4 Å². The van der Waals surface area contributed by atoms with Crippen LogP contribution in [0.25, 0.3) is 0 Å². The first-order valence-electron chi connectivity index (χ1n) is 10.9. The second kappa shape index (κ2) is 10.7. The molecule has 32 heavy (non-hydrogen) atoms. The highest BCUT2D eigenvalue weighted by Gasteiger charge is 2.23. The molecule has 0 amide bonds. The maximum Gasteiger partial charge on any atom is 0.191 e. The van der Waals surface area contributed by atoms with Gasteiger partial charge in [0.1, 0.15) is 17.3 Å². The molecule has 1 N–H and O–H groups in total. The van der Waals surface area contributed by atoms with Crippen LogP contribution in [0.15, 0.2) is 47.6 Å². The third-order valence-corrected chi connectivity index (χ3v) is 6.79. The van der Waals surface area contributed by atoms with E-state index in [1.807, 2.05) is 24.3 Å². The molecule has 1 aliphatic rings. The molecule has 0 spiro atoms. The summed E-state index contributed by atoms with van der Waals surface area (Å²) in [5.41, 5.74) is 1.79. The van der Waals surface area contributed by atoms with Crippen LogP contribution >= 0.6 is 11.8 Å². The number of benzene rings is 2. The molecule has 0 aliphatic heterocycles. The minimum atomic E-state index is -0.265. The van der Waals surface area contributed by atoms with Crippen molar-refractivity contribution < 1.29 is 13.9 Å². The Labute approximate surface area is 192 Å². The Kier molecular flexibility index (Phi) is 7.52. The molecule has 0 unspecified atom stereocenters. The van der Waals surface area contributed by atoms with E-state index in [2.05, 4.69) is 20.1 Å². The summed E-state index contributed by atoms with van der Waals surface area (Å²) in [7, 11) is 3.27. The number of nitrogens with one attached hydrogen (secondary N) is 1. The summed E-state index contributed by atoms with van der Waals surface area (Å²) in [6.07, 6.45) is 5.96. The monoisotopic (exact) mass is 456 g/mol. The number of anilines is 1. The van der Waals surface area contributed by atoms with Crippen molar-refractivity contribution in [3.63, 3.8) is 0 Å². The number of ether oxygens (including phenoxy) is 2. The van der Waals surface area contributed by atoms with Gasteiger partial charge in [0.2, 0.25) is 0 Å². The number of hydrogen-bond donors (Lipinski definition) is 1. The van der Waals surface area contributed by atoms with Gasteiger partial charge in [0.15, 0.2) is 11.0 Å². The average molecular weight is 457 g/mol. The second-order valence-electron chi connectivity index (χ2n) is 7.89. The molecule has 3 aromatic rings. The highest BCUT2D eigenvalue weighted by Crippen LogP contribution is 2.35. The van der Waals surface area contributed by atoms with Crippen molar-refractivity contribution in [3.05, 3.63) is 59.7 Å². The van der Waals surface area contributed by atoms with Crippen molar-refractivity contribution in [2.75, 3.05) is 19.5 Å². The minimum absolute atomic E-state index is 0.265. The predicted molar refractivity (Wildman–Crippen MR) is 125 cm³/mol. The lowest BCUT2D eigenvalue weighted by molar-refractivity contribution is 0.330. The lowest BCUT2D eigenvalue weighted by atomic mass is 9.95. The fourth-order valence-corrected chi connectivity index (χ4v) is 5.15. The smallest absolute Gasteiger partial charge is 0.191 e. The molecule has 0 saturated heterocycles. The van der Waals surface area contributed by atoms with Crippen LogP contribution in [0, 0.1) is 5.82 Å². The van der Waals surface area contributed by atoms with Crippen LogP contribution in [-0.4, -0.2) is 29.0 Å². The first-order valence-corrected chi connectivity index (χ1v) is 11.9. The maximum atomic E-state index is 13.8. The first kappa shape index (κ1) is 22.5. The molecular weight excluding hydrogens is 427 g/mol. The number of thioether (sulfide) groups is 1. The fourth-order valence-electron chi connectivity index (χ4n) is 4.15. The summed E-state index contributed by atoms with van der Waals surface area (Å²) in [5.74, 6) is 2.70. The standard InChI is InChI=1S/C24H29FN4O2S/c1-30-21-10-6-7-19(14-21)26-15-23-27-28-24(29(23)20-8-4-3-5-9-20)32-16-17-13-18(25)11-12-22(17)31-2/h6-7,10-14,20,26H,3-5,8-9,15-16H2,1-2H3. The Balaban J connectivity index is 1.54. The highest BCUT2D eigenvalue weighted by atomic mass is 32.2. The molecule has 1 saturated carbocycles. The van der Waals surface area contributed by atoms with Gasteiger partial charge >= 0.3 is 0 Å². The molecule has 0 bridgehead atoms. The molecule has 0 atom stereocenters. The first-order chi connectivity index (χ1) is 15.7. The largest absolute Gasteiger partial charge is 0.497 e. The topological polar surface area (TPSA) is 61.2 Å². The Morgan fingerprint density at radius 2 is 1.91 bits per heavy atom. The van der Waals surface area contributed by atoms with Gasteiger partial charge in [-0.15, -0.1) is 10.2 Å². The van der Waals surface area contributed by atoms with Gasteiger partial charge in [-0.2, -0.15) is 0 Å². The number of hydrogen-bond acceptors (Lipinski definition) is 6. The lowest BCUT2D eigenvalue weighted by Crippen LogP contribution is -2.18. The molecule has 170 valence electrons. The van der Waals surface area contributed by atoms with Crippen LogP contribution in [0.1, 0.15) is 49.5 Å². The van der Waals surface area contributed by atoms with Gasteiger partial charge in [-0.05, 0) is 43.2 Å². The molecule has 2 aromatic carbocycles. The zero-order valence-corrected chi connectivity index (χ0v) is 19.3. The molecule has 6 nitrogen and oxygen atoms in total. The van der Waals surface area contributed by atoms with Gasteiger partial charge in [-0.1, -0.05) is 37.1 Å². The van der Waals surface area contributed by atoms with E-state index in [-0.39, 0.29) is 5.82 Å². The Bertz CT molecular complexity index is 1040. The van der Waals surface area contributed by atoms with Gasteiger partial charge in [-0.3, -0.25) is 0 Å². The van der Waals surface area contributed by atoms with Crippen molar-refractivity contribution in [2.45, 2.75) is 55.6 Å². The predicted octanol–water partition coefficient (Wildman–Crippen LogP) is 5.84. The molecular formula is C24H29FN4O2S. The van der Waals surface area contributed by atoms with E-state index in [4.69, 9.17) is 9.47 Å². The summed E-state index contributed by atoms with van der Waals surface area (Å²) in [6, 6.07) is 12.9. The molecule has 8 heteroatoms. The van der Waals surface area contributed by atoms with Crippen LogP contribution in [-0.2, 0) is 12.3 Å². The van der Waals surface area contributed by atoms with Crippen molar-refractivity contribution in [2.24, 2.45) is 0 Å². The number of halogens is 1. The summed E-state index contributed by atoms with van der Waals surface area (Å²) in [6.45, 7) is 0.570. The zero-order chi connectivity index (χ0) is 22.3. The van der Waals surface area contributed by atoms with Gasteiger partial charge in [0, 0.05) is 29.1 Å². The summed E-state index contributed by atoms with van der Waals surface area (Å²) >= 11 is 1.58. The summed E-state index contributed by atoms with van der Waals surface area (Å²) < 4.78 is 26.8. The van der Waals surface area contributed by atoms with Gasteiger partial charge in [0.05, 0.1) is 20.8 Å². The molecule has 1 aromatic heterocycles. The van der Waals surface area contributed by atoms with Gasteiger partial charge in [-0.25, -0.2) is 4.39 Å². The third kappa shape index (κ3) is 5.35. The summed E-state index contributed by atoms with van der Waals surface area (Å²) in [5, 5.41) is 13.3. The van der Waals surface area contributed by atoms with Gasteiger partial charge < -0.3 is 19.4 Å². The van der Waals surface area contributed by atoms with Crippen LogP contribution in [0.2, 0.25) is 0 Å². The Morgan fingerprint density at radius 1 is 1.06 bits per heavy atom. The van der Waals surface area contributed by atoms with Crippen molar-refractivity contribution in [1.82, 2.24) is 14.8 Å². The SMILES string of the molecule is COc1cccc(NCc2nnc(SCc3cc(F)ccc3OC)n2C2CCCCC2)c1. The maximum absolute atomic E-state index is 13.8. The third-order valence-electron chi connectivity index (χ3n) is 5.79. The Hall–Kier alpha value is -2.74. The van der Waals surface area contributed by atoms with E-state index in [0.717, 1.165) is 40.8 Å². The fraction of sp³-hybridized carbons (Fsp3) is 0.417. The van der Waals surface area contributed by atoms with Crippen LogP contribution in [0.4, 0.5) is 10.1 Å². The van der Waals surface area contributed by atoms with Gasteiger partial charge in [0.25, 0.3) is 0 Å². The van der Waals surface area contributed by atoms with E-state index < -0.39 is 0 Å². The highest BCUT2D eigenvalue weighted by molar-refractivity contribution is 7.98. The van der Waals surface area contributed by atoms with E-state index in [1.54, 1.807) is 32.0 Å². The quantitative estimate of drug-likeness (QED) is 0.408. The number of aromatic nitrogens is 3. The van der Waals surface area contributed by atoms with E-state index >= 15 is 0 Å². The van der Waals surface area contributed by atoms with Crippen LogP contribution < -0.4 is 14.8 Å². The normalized spacial score (nSPS) is 14.3. The molecule has 1 aliphatic carbocycles. The minimum Gasteiger partial charge on any atom is -0.497 e. The van der Waals surface area contributed by atoms with Crippen molar-refractivity contribution >= 4 is 17.4 Å². The average Bonchev–Trinajstić information content (AvgIpc) is 3.25. The second-order valence-corrected chi connectivity index (χ2v) is 8.83. The number of rotatable bonds is 9. The van der Waals surface area contributed by atoms with Crippen LogP contribution in [0.5, 0.6) is 11.5 Å². The van der Waals surface area contributed by atoms with Crippen molar-refractivity contribution in [1.29, 1.82) is 0 Å². The molecule has 1 fully saturated rings. The number of nitrogens with zero attached hydrogens (tertiary/aromatic N) is 3. The summed E-state index contributed by atoms with van der Waals surface area (Å²) in [4.78, 5) is 0. The van der Waals surface area contributed by atoms with Crippen LogP contribution in [0.3, 0.4) is 0 Å². The number of methoxy groups -OCH3 is 2. The molecule has 4 rings (SSSR count). The lowest BCUT2D eigenvalue weighted by Gasteiger charge is -2.25. The van der Waals surface area contributed by atoms with E-state index in [9.17, 15) is 4.39 Å². The van der Waals surface area contributed by atoms with E-state index in [0.29, 0.717) is 24.1 Å². The molecule has 1 heterocycles.